The van der Waals surface area contributed by atoms with Crippen molar-refractivity contribution in [2.45, 2.75) is 45.6 Å². The fraction of sp³-hybridized carbons (Fsp3) is 0.647. The summed E-state index contributed by atoms with van der Waals surface area (Å²) in [7, 11) is 1.55. The second-order valence-electron chi connectivity index (χ2n) is 6.25. The van der Waals surface area contributed by atoms with E-state index in [0.29, 0.717) is 17.2 Å². The van der Waals surface area contributed by atoms with Gasteiger partial charge in [0.2, 0.25) is 0 Å². The molecule has 1 saturated carbocycles. The van der Waals surface area contributed by atoms with E-state index in [4.69, 9.17) is 4.74 Å². The Hall–Kier alpha value is -1.09. The molecule has 1 N–H and O–H groups in total. The molecule has 0 saturated heterocycles. The topological polar surface area (TPSA) is 29.5 Å². The van der Waals surface area contributed by atoms with Crippen LogP contribution >= 0.6 is 0 Å². The smallest absolute Gasteiger partial charge is 0.124 e. The van der Waals surface area contributed by atoms with Gasteiger partial charge in [-0.05, 0) is 61.6 Å². The highest BCUT2D eigenvalue weighted by molar-refractivity contribution is 5.36. The van der Waals surface area contributed by atoms with Crippen LogP contribution in [-0.2, 0) is 0 Å². The average molecular weight is 280 g/mol. The lowest BCUT2D eigenvalue weighted by Crippen LogP contribution is -2.23. The Morgan fingerprint density at radius 2 is 1.75 bits per heavy atom. The van der Waals surface area contributed by atoms with Crippen molar-refractivity contribution in [1.29, 1.82) is 0 Å². The summed E-state index contributed by atoms with van der Waals surface area (Å²) in [6.45, 7) is 4.52. The molecular weight excluding hydrogens is 255 g/mol. The molecule has 0 bridgehead atoms. The van der Waals surface area contributed by atoms with E-state index < -0.39 is 6.10 Å². The second kappa shape index (κ2) is 6.57. The predicted molar refractivity (Wildman–Crippen MR) is 78.2 cm³/mol. The van der Waals surface area contributed by atoms with Crippen molar-refractivity contribution < 1.29 is 14.2 Å². The zero-order chi connectivity index (χ0) is 14.7. The maximum Gasteiger partial charge on any atom is 0.124 e. The van der Waals surface area contributed by atoms with E-state index in [1.54, 1.807) is 13.2 Å². The Morgan fingerprint density at radius 3 is 2.30 bits per heavy atom. The Kier molecular flexibility index (Phi) is 5.03. The maximum atomic E-state index is 13.4. The van der Waals surface area contributed by atoms with E-state index in [2.05, 4.69) is 13.8 Å². The minimum atomic E-state index is -0.631. The fourth-order valence-corrected chi connectivity index (χ4v) is 3.32. The van der Waals surface area contributed by atoms with Crippen LogP contribution in [0.1, 0.15) is 51.2 Å². The third-order valence-corrected chi connectivity index (χ3v) is 4.72. The Labute approximate surface area is 121 Å². The van der Waals surface area contributed by atoms with E-state index in [0.717, 1.165) is 31.6 Å². The molecule has 0 amide bonds. The Balaban J connectivity index is 2.09. The lowest BCUT2D eigenvalue weighted by molar-refractivity contribution is 0.0646. The summed E-state index contributed by atoms with van der Waals surface area (Å²) in [6, 6.07) is 4.36. The summed E-state index contributed by atoms with van der Waals surface area (Å²) in [6.07, 6.45) is 3.68. The van der Waals surface area contributed by atoms with Crippen LogP contribution in [0.5, 0.6) is 5.75 Å². The van der Waals surface area contributed by atoms with Crippen LogP contribution in [0, 0.1) is 23.6 Å². The molecule has 3 heteroatoms. The molecule has 1 atom stereocenters. The molecule has 0 spiro atoms. The fourth-order valence-electron chi connectivity index (χ4n) is 3.32. The van der Waals surface area contributed by atoms with Gasteiger partial charge in [0.05, 0.1) is 13.2 Å². The molecular formula is C17H25FO2. The zero-order valence-corrected chi connectivity index (χ0v) is 12.6. The number of halogens is 1. The lowest BCUT2D eigenvalue weighted by Gasteiger charge is -2.33. The number of aliphatic hydroxyl groups is 1. The predicted octanol–water partition coefficient (Wildman–Crippen LogP) is 4.33. The van der Waals surface area contributed by atoms with E-state index in [9.17, 15) is 9.50 Å². The molecule has 0 radical (unpaired) electrons. The van der Waals surface area contributed by atoms with Crippen LogP contribution in [-0.4, -0.2) is 12.2 Å². The first-order valence-corrected chi connectivity index (χ1v) is 7.54. The zero-order valence-electron chi connectivity index (χ0n) is 12.6. The summed E-state index contributed by atoms with van der Waals surface area (Å²) < 4.78 is 18.7. The van der Waals surface area contributed by atoms with Gasteiger partial charge in [-0.25, -0.2) is 4.39 Å². The third kappa shape index (κ3) is 3.32. The van der Waals surface area contributed by atoms with Crippen LogP contribution in [0.2, 0.25) is 0 Å². The molecule has 112 valence electrons. The van der Waals surface area contributed by atoms with Crippen molar-refractivity contribution >= 4 is 0 Å². The normalized spacial score (nSPS) is 24.7. The monoisotopic (exact) mass is 280 g/mol. The Bertz CT molecular complexity index is 437. The summed E-state index contributed by atoms with van der Waals surface area (Å²) in [5.74, 6) is 1.92. The van der Waals surface area contributed by atoms with Gasteiger partial charge in [0.25, 0.3) is 0 Å². The third-order valence-electron chi connectivity index (χ3n) is 4.72. The number of aliphatic hydroxyl groups excluding tert-OH is 1. The molecule has 1 unspecified atom stereocenters. The van der Waals surface area contributed by atoms with E-state index in [-0.39, 0.29) is 11.7 Å². The molecule has 2 rings (SSSR count). The van der Waals surface area contributed by atoms with Crippen molar-refractivity contribution in [2.24, 2.45) is 17.8 Å². The Morgan fingerprint density at radius 1 is 1.15 bits per heavy atom. The van der Waals surface area contributed by atoms with Gasteiger partial charge in [0.1, 0.15) is 11.6 Å². The second-order valence-corrected chi connectivity index (χ2v) is 6.25. The van der Waals surface area contributed by atoms with Gasteiger partial charge in [-0.2, -0.15) is 0 Å². The van der Waals surface area contributed by atoms with Gasteiger partial charge < -0.3 is 9.84 Å². The molecule has 1 aliphatic carbocycles. The maximum absolute atomic E-state index is 13.4. The highest BCUT2D eigenvalue weighted by atomic mass is 19.1. The molecule has 0 heterocycles. The van der Waals surface area contributed by atoms with Crippen LogP contribution in [0.25, 0.3) is 0 Å². The summed E-state index contributed by atoms with van der Waals surface area (Å²) in [5, 5.41) is 10.6. The first-order chi connectivity index (χ1) is 9.52. The van der Waals surface area contributed by atoms with Crippen molar-refractivity contribution in [1.82, 2.24) is 0 Å². The number of ether oxygens (including phenoxy) is 1. The van der Waals surface area contributed by atoms with Crippen LogP contribution < -0.4 is 4.74 Å². The highest BCUT2D eigenvalue weighted by Gasteiger charge is 2.30. The lowest BCUT2D eigenvalue weighted by atomic mass is 9.74. The summed E-state index contributed by atoms with van der Waals surface area (Å²) in [4.78, 5) is 0. The van der Waals surface area contributed by atoms with Gasteiger partial charge in [0, 0.05) is 5.56 Å². The number of methoxy groups -OCH3 is 1. The number of benzene rings is 1. The van der Waals surface area contributed by atoms with E-state index >= 15 is 0 Å². The van der Waals surface area contributed by atoms with Crippen molar-refractivity contribution in [2.75, 3.05) is 7.11 Å². The summed E-state index contributed by atoms with van der Waals surface area (Å²) in [5.41, 5.74) is 0.584. The first kappa shape index (κ1) is 15.3. The molecule has 1 aromatic carbocycles. The van der Waals surface area contributed by atoms with E-state index in [1.807, 2.05) is 0 Å². The van der Waals surface area contributed by atoms with Gasteiger partial charge in [0.15, 0.2) is 0 Å². The number of hydrogen-bond acceptors (Lipinski definition) is 2. The van der Waals surface area contributed by atoms with Crippen LogP contribution in [0.4, 0.5) is 4.39 Å². The van der Waals surface area contributed by atoms with Gasteiger partial charge in [-0.15, -0.1) is 0 Å². The van der Waals surface area contributed by atoms with Crippen LogP contribution in [0.15, 0.2) is 18.2 Å². The standard InChI is InChI=1S/C17H25FO2/c1-11(2)12-4-6-13(7-5-12)17(19)15-10-14(18)8-9-16(15)20-3/h8-13,17,19H,4-7H2,1-3H3. The SMILES string of the molecule is COc1ccc(F)cc1C(O)C1CCC(C(C)C)CC1. The molecule has 1 aromatic rings. The minimum absolute atomic E-state index is 0.209. The van der Waals surface area contributed by atoms with Gasteiger partial charge >= 0.3 is 0 Å². The molecule has 1 aliphatic rings. The molecule has 1 fully saturated rings. The number of rotatable bonds is 4. The van der Waals surface area contributed by atoms with Gasteiger partial charge in [-0.3, -0.25) is 0 Å². The average Bonchev–Trinajstić information content (AvgIpc) is 2.46. The van der Waals surface area contributed by atoms with Crippen molar-refractivity contribution in [3.63, 3.8) is 0 Å². The first-order valence-electron chi connectivity index (χ1n) is 7.54. The van der Waals surface area contributed by atoms with E-state index in [1.165, 1.54) is 12.1 Å². The largest absolute Gasteiger partial charge is 0.496 e. The van der Waals surface area contributed by atoms with Crippen molar-refractivity contribution in [3.8, 4) is 5.75 Å². The van der Waals surface area contributed by atoms with Crippen molar-refractivity contribution in [3.05, 3.63) is 29.6 Å². The number of hydrogen-bond donors (Lipinski definition) is 1. The highest BCUT2D eigenvalue weighted by Crippen LogP contribution is 2.41. The summed E-state index contributed by atoms with van der Waals surface area (Å²) >= 11 is 0. The van der Waals surface area contributed by atoms with Gasteiger partial charge in [-0.1, -0.05) is 13.8 Å². The molecule has 0 aromatic heterocycles. The quantitative estimate of drug-likeness (QED) is 0.889. The molecule has 20 heavy (non-hydrogen) atoms. The minimum Gasteiger partial charge on any atom is -0.496 e. The molecule has 0 aliphatic heterocycles. The molecule has 2 nitrogen and oxygen atoms in total. The van der Waals surface area contributed by atoms with Crippen LogP contribution in [0.3, 0.4) is 0 Å².